The Morgan fingerprint density at radius 1 is 0.378 bits per heavy atom. The molecule has 0 radical (unpaired) electrons. The summed E-state index contributed by atoms with van der Waals surface area (Å²) in [5, 5.41) is 0. The Bertz CT molecular complexity index is 1900. The normalized spacial score (nSPS) is 10.6. The quantitative estimate of drug-likeness (QED) is 0.160. The van der Waals surface area contributed by atoms with Crippen LogP contribution in [0.2, 0.25) is 0 Å². The fraction of sp³-hybridized carbons (Fsp3) is 0.0476. The highest BCUT2D eigenvalue weighted by molar-refractivity contribution is 5.78. The van der Waals surface area contributed by atoms with Crippen LogP contribution in [0.3, 0.4) is 0 Å². The van der Waals surface area contributed by atoms with Crippen molar-refractivity contribution < 1.29 is 14.2 Å². The first kappa shape index (κ1) is 29.3. The summed E-state index contributed by atoms with van der Waals surface area (Å²) >= 11 is 0. The molecule has 0 aliphatic carbocycles. The lowest BCUT2D eigenvalue weighted by molar-refractivity contribution is 0.482. The van der Waals surface area contributed by atoms with E-state index < -0.39 is 0 Å². The van der Waals surface area contributed by atoms with Crippen LogP contribution >= 0.6 is 0 Å². The predicted octanol–water partition coefficient (Wildman–Crippen LogP) is 12.1. The first-order chi connectivity index (χ1) is 21.9. The molecule has 3 heteroatoms. The number of rotatable bonds is 10. The van der Waals surface area contributed by atoms with Crippen LogP contribution in [0.5, 0.6) is 34.5 Å². The van der Waals surface area contributed by atoms with Crippen molar-refractivity contribution in [2.75, 3.05) is 0 Å². The van der Waals surface area contributed by atoms with E-state index in [1.165, 1.54) is 5.56 Å². The van der Waals surface area contributed by atoms with E-state index in [1.54, 1.807) is 0 Å². The standard InChI is InChI=1S/C42H34O3/c1-29(2)32-7-19-38(20-8-32)44-39-21-9-33(10-22-39)31(4)34-11-23-40(24-12-34)45-42-27-15-36(16-28-42)35-13-25-41(26-14-35)43-37-17-5-30(3)6-18-37/h5-28H,1,4H2,2-3H3. The lowest BCUT2D eigenvalue weighted by atomic mass is 9.99. The van der Waals surface area contributed by atoms with Gasteiger partial charge >= 0.3 is 0 Å². The molecule has 6 aromatic rings. The lowest BCUT2D eigenvalue weighted by Crippen LogP contribution is -1.89. The summed E-state index contributed by atoms with van der Waals surface area (Å²) < 4.78 is 18.1. The fourth-order valence-electron chi connectivity index (χ4n) is 4.87. The van der Waals surface area contributed by atoms with Crippen molar-refractivity contribution in [2.45, 2.75) is 13.8 Å². The second-order valence-corrected chi connectivity index (χ2v) is 11.0. The van der Waals surface area contributed by atoms with Crippen molar-refractivity contribution in [2.24, 2.45) is 0 Å². The smallest absolute Gasteiger partial charge is 0.127 e. The average molecular weight is 587 g/mol. The van der Waals surface area contributed by atoms with Gasteiger partial charge in [0.15, 0.2) is 0 Å². The Labute approximate surface area is 265 Å². The number of hydrogen-bond donors (Lipinski definition) is 0. The summed E-state index contributed by atoms with van der Waals surface area (Å²) in [7, 11) is 0. The molecule has 0 N–H and O–H groups in total. The average Bonchev–Trinajstić information content (AvgIpc) is 3.07. The Morgan fingerprint density at radius 2 is 0.644 bits per heavy atom. The van der Waals surface area contributed by atoms with E-state index in [0.29, 0.717) is 0 Å². The molecule has 0 amide bonds. The Morgan fingerprint density at radius 3 is 0.956 bits per heavy atom. The molecule has 0 aliphatic heterocycles. The molecular weight excluding hydrogens is 552 g/mol. The van der Waals surface area contributed by atoms with Crippen molar-refractivity contribution >= 4 is 11.1 Å². The van der Waals surface area contributed by atoms with Gasteiger partial charge in [0.25, 0.3) is 0 Å². The molecular formula is C42H34O3. The van der Waals surface area contributed by atoms with E-state index in [0.717, 1.165) is 73.5 Å². The number of benzene rings is 6. The van der Waals surface area contributed by atoms with Crippen molar-refractivity contribution in [1.29, 1.82) is 0 Å². The summed E-state index contributed by atoms with van der Waals surface area (Å²) in [5.74, 6) is 4.73. The minimum atomic E-state index is 0.762. The van der Waals surface area contributed by atoms with Gasteiger partial charge in [0.05, 0.1) is 0 Å². The summed E-state index contributed by atoms with van der Waals surface area (Å²) in [6, 6.07) is 48.1. The zero-order valence-corrected chi connectivity index (χ0v) is 25.5. The third kappa shape index (κ3) is 7.41. The predicted molar refractivity (Wildman–Crippen MR) is 185 cm³/mol. The maximum Gasteiger partial charge on any atom is 0.127 e. The molecule has 0 unspecified atom stereocenters. The highest BCUT2D eigenvalue weighted by Gasteiger charge is 2.07. The first-order valence-electron chi connectivity index (χ1n) is 14.9. The van der Waals surface area contributed by atoms with Gasteiger partial charge in [-0.3, -0.25) is 0 Å². The largest absolute Gasteiger partial charge is 0.457 e. The van der Waals surface area contributed by atoms with Crippen molar-refractivity contribution in [3.63, 3.8) is 0 Å². The second-order valence-electron chi connectivity index (χ2n) is 11.0. The van der Waals surface area contributed by atoms with Gasteiger partial charge < -0.3 is 14.2 Å². The molecule has 45 heavy (non-hydrogen) atoms. The molecule has 6 rings (SSSR count). The van der Waals surface area contributed by atoms with Crippen LogP contribution in [-0.2, 0) is 0 Å². The van der Waals surface area contributed by atoms with Crippen LogP contribution in [0.15, 0.2) is 159 Å². The molecule has 0 heterocycles. The Kier molecular flexibility index (Phi) is 8.61. The van der Waals surface area contributed by atoms with E-state index in [1.807, 2.05) is 128 Å². The van der Waals surface area contributed by atoms with E-state index >= 15 is 0 Å². The van der Waals surface area contributed by atoms with Gasteiger partial charge in [-0.25, -0.2) is 0 Å². The minimum absolute atomic E-state index is 0.762. The number of aryl methyl sites for hydroxylation is 1. The first-order valence-corrected chi connectivity index (χ1v) is 14.9. The molecule has 3 nitrogen and oxygen atoms in total. The van der Waals surface area contributed by atoms with Crippen LogP contribution in [0, 0.1) is 6.92 Å². The summed E-state index contributed by atoms with van der Waals surface area (Å²) in [6.45, 7) is 12.4. The topological polar surface area (TPSA) is 27.7 Å². The molecule has 0 aliphatic rings. The van der Waals surface area contributed by atoms with Crippen LogP contribution in [-0.4, -0.2) is 0 Å². The van der Waals surface area contributed by atoms with Gasteiger partial charge in [0.1, 0.15) is 34.5 Å². The maximum absolute atomic E-state index is 6.13. The van der Waals surface area contributed by atoms with Crippen molar-refractivity contribution in [3.05, 3.63) is 181 Å². The maximum atomic E-state index is 6.13. The van der Waals surface area contributed by atoms with Gasteiger partial charge in [-0.1, -0.05) is 97.1 Å². The molecule has 0 fully saturated rings. The van der Waals surface area contributed by atoms with Gasteiger partial charge in [0, 0.05) is 0 Å². The summed E-state index contributed by atoms with van der Waals surface area (Å²) in [5.41, 5.74) is 8.53. The number of allylic oxidation sites excluding steroid dienone is 1. The number of ether oxygens (including phenoxy) is 3. The highest BCUT2D eigenvalue weighted by Crippen LogP contribution is 2.31. The molecule has 0 bridgehead atoms. The minimum Gasteiger partial charge on any atom is -0.457 e. The fourth-order valence-corrected chi connectivity index (χ4v) is 4.87. The molecule has 0 aromatic heterocycles. The molecule has 0 spiro atoms. The van der Waals surface area contributed by atoms with E-state index in [-0.39, 0.29) is 0 Å². The van der Waals surface area contributed by atoms with Gasteiger partial charge in [-0.05, 0) is 120 Å². The third-order valence-corrected chi connectivity index (χ3v) is 7.52. The molecule has 0 saturated carbocycles. The van der Waals surface area contributed by atoms with Crippen molar-refractivity contribution in [3.8, 4) is 45.6 Å². The van der Waals surface area contributed by atoms with E-state index in [4.69, 9.17) is 14.2 Å². The summed E-state index contributed by atoms with van der Waals surface area (Å²) in [4.78, 5) is 0. The van der Waals surface area contributed by atoms with E-state index in [2.05, 4.69) is 44.3 Å². The summed E-state index contributed by atoms with van der Waals surface area (Å²) in [6.07, 6.45) is 0. The van der Waals surface area contributed by atoms with Crippen molar-refractivity contribution in [1.82, 2.24) is 0 Å². The van der Waals surface area contributed by atoms with Crippen LogP contribution < -0.4 is 14.2 Å². The zero-order chi connectivity index (χ0) is 31.2. The van der Waals surface area contributed by atoms with E-state index in [9.17, 15) is 0 Å². The van der Waals surface area contributed by atoms with Crippen LogP contribution in [0.4, 0.5) is 0 Å². The Balaban J connectivity index is 1.04. The third-order valence-electron chi connectivity index (χ3n) is 7.52. The molecule has 0 atom stereocenters. The van der Waals surface area contributed by atoms with Gasteiger partial charge in [-0.15, -0.1) is 0 Å². The zero-order valence-electron chi connectivity index (χ0n) is 25.5. The number of hydrogen-bond acceptors (Lipinski definition) is 3. The Hall–Kier alpha value is -5.80. The van der Waals surface area contributed by atoms with Gasteiger partial charge in [0.2, 0.25) is 0 Å². The van der Waals surface area contributed by atoms with Gasteiger partial charge in [-0.2, -0.15) is 0 Å². The molecule has 0 saturated heterocycles. The SMILES string of the molecule is C=C(C)c1ccc(Oc2ccc(C(=C)c3ccc(Oc4ccc(-c5ccc(Oc6ccc(C)cc6)cc5)cc4)cc3)cc2)cc1. The molecule has 220 valence electrons. The highest BCUT2D eigenvalue weighted by atomic mass is 16.5. The van der Waals surface area contributed by atoms with Crippen LogP contribution in [0.1, 0.15) is 29.2 Å². The molecule has 6 aromatic carbocycles. The lowest BCUT2D eigenvalue weighted by Gasteiger charge is -2.11. The second kappa shape index (κ2) is 13.2. The van der Waals surface area contributed by atoms with Crippen LogP contribution in [0.25, 0.3) is 22.3 Å². The monoisotopic (exact) mass is 586 g/mol.